The number of para-hydroxylation sites is 1. The van der Waals surface area contributed by atoms with Gasteiger partial charge < -0.3 is 14.2 Å². The topological polar surface area (TPSA) is 27.7 Å². The highest BCUT2D eigenvalue weighted by atomic mass is 16.7. The maximum atomic E-state index is 5.77. The van der Waals surface area contributed by atoms with Crippen LogP contribution in [0.3, 0.4) is 0 Å². The van der Waals surface area contributed by atoms with Crippen molar-refractivity contribution in [3.63, 3.8) is 0 Å². The Morgan fingerprint density at radius 2 is 2.00 bits per heavy atom. The fraction of sp³-hybridized carbons (Fsp3) is 0.571. The standard InChI is InChI=1S/C14H20O3/c1-2-12-6-3-4-7-13(12)15-11-8-14-16-9-5-10-17-14/h3-4,6-7,14H,2,5,8-11H2,1H3. The molecule has 3 nitrogen and oxygen atoms in total. The van der Waals surface area contributed by atoms with Crippen LogP contribution < -0.4 is 4.74 Å². The van der Waals surface area contributed by atoms with Gasteiger partial charge in [-0.05, 0) is 24.5 Å². The molecule has 1 saturated heterocycles. The summed E-state index contributed by atoms with van der Waals surface area (Å²) in [6.45, 7) is 4.38. The summed E-state index contributed by atoms with van der Waals surface area (Å²) < 4.78 is 16.7. The average Bonchev–Trinajstić information content (AvgIpc) is 2.40. The Hall–Kier alpha value is -1.06. The summed E-state index contributed by atoms with van der Waals surface area (Å²) in [5.41, 5.74) is 1.25. The van der Waals surface area contributed by atoms with Crippen LogP contribution >= 0.6 is 0 Å². The number of aryl methyl sites for hydroxylation is 1. The van der Waals surface area contributed by atoms with Crippen molar-refractivity contribution >= 4 is 0 Å². The van der Waals surface area contributed by atoms with Crippen LogP contribution in [0.1, 0.15) is 25.3 Å². The number of ether oxygens (including phenoxy) is 3. The van der Waals surface area contributed by atoms with Crippen molar-refractivity contribution in [3.8, 4) is 5.75 Å². The maximum Gasteiger partial charge on any atom is 0.160 e. The lowest BCUT2D eigenvalue weighted by Gasteiger charge is -2.23. The summed E-state index contributed by atoms with van der Waals surface area (Å²) in [7, 11) is 0. The fourth-order valence-corrected chi connectivity index (χ4v) is 1.91. The second-order valence-electron chi connectivity index (χ2n) is 4.12. The molecular weight excluding hydrogens is 216 g/mol. The summed E-state index contributed by atoms with van der Waals surface area (Å²) >= 11 is 0. The summed E-state index contributed by atoms with van der Waals surface area (Å²) in [5, 5.41) is 0. The fourth-order valence-electron chi connectivity index (χ4n) is 1.91. The zero-order valence-corrected chi connectivity index (χ0v) is 10.4. The van der Waals surface area contributed by atoms with E-state index in [-0.39, 0.29) is 6.29 Å². The Labute approximate surface area is 103 Å². The molecule has 1 fully saturated rings. The summed E-state index contributed by atoms with van der Waals surface area (Å²) in [6, 6.07) is 8.16. The van der Waals surface area contributed by atoms with Crippen molar-refractivity contribution in [3.05, 3.63) is 29.8 Å². The Bertz CT molecular complexity index is 332. The van der Waals surface area contributed by atoms with Gasteiger partial charge in [0, 0.05) is 6.42 Å². The van der Waals surface area contributed by atoms with Crippen molar-refractivity contribution in [2.75, 3.05) is 19.8 Å². The van der Waals surface area contributed by atoms with Gasteiger partial charge in [0.25, 0.3) is 0 Å². The maximum absolute atomic E-state index is 5.77. The number of hydrogen-bond acceptors (Lipinski definition) is 3. The second-order valence-corrected chi connectivity index (χ2v) is 4.12. The lowest BCUT2D eigenvalue weighted by atomic mass is 10.1. The summed E-state index contributed by atoms with van der Waals surface area (Å²) in [6.07, 6.45) is 2.69. The van der Waals surface area contributed by atoms with Crippen LogP contribution in [-0.2, 0) is 15.9 Å². The Morgan fingerprint density at radius 1 is 1.24 bits per heavy atom. The predicted octanol–water partition coefficient (Wildman–Crippen LogP) is 2.78. The zero-order valence-electron chi connectivity index (χ0n) is 10.4. The number of hydrogen-bond donors (Lipinski definition) is 0. The third kappa shape index (κ3) is 3.72. The van der Waals surface area contributed by atoms with Crippen LogP contribution in [0.5, 0.6) is 5.75 Å². The van der Waals surface area contributed by atoms with Crippen molar-refractivity contribution in [2.24, 2.45) is 0 Å². The third-order valence-electron chi connectivity index (χ3n) is 2.86. The van der Waals surface area contributed by atoms with Crippen molar-refractivity contribution in [1.29, 1.82) is 0 Å². The predicted molar refractivity (Wildman–Crippen MR) is 66.2 cm³/mol. The smallest absolute Gasteiger partial charge is 0.160 e. The molecule has 0 saturated carbocycles. The minimum absolute atomic E-state index is 0.0856. The Kier molecular flexibility index (Phi) is 4.83. The van der Waals surface area contributed by atoms with E-state index in [1.54, 1.807) is 0 Å². The summed E-state index contributed by atoms with van der Waals surface area (Å²) in [5.74, 6) is 0.978. The van der Waals surface area contributed by atoms with Gasteiger partial charge in [-0.2, -0.15) is 0 Å². The van der Waals surface area contributed by atoms with Gasteiger partial charge in [-0.15, -0.1) is 0 Å². The van der Waals surface area contributed by atoms with E-state index in [1.807, 2.05) is 18.2 Å². The molecule has 1 aliphatic rings. The van der Waals surface area contributed by atoms with Crippen LogP contribution in [0.2, 0.25) is 0 Å². The molecule has 0 bridgehead atoms. The highest BCUT2D eigenvalue weighted by molar-refractivity contribution is 5.33. The minimum atomic E-state index is -0.0856. The van der Waals surface area contributed by atoms with E-state index in [0.717, 1.165) is 38.2 Å². The molecular formula is C14H20O3. The first-order chi connectivity index (χ1) is 8.40. The van der Waals surface area contributed by atoms with Gasteiger partial charge in [0.2, 0.25) is 0 Å². The highest BCUT2D eigenvalue weighted by Gasteiger charge is 2.14. The monoisotopic (exact) mass is 236 g/mol. The van der Waals surface area contributed by atoms with E-state index in [0.29, 0.717) is 6.61 Å². The van der Waals surface area contributed by atoms with E-state index in [1.165, 1.54) is 5.56 Å². The van der Waals surface area contributed by atoms with E-state index in [9.17, 15) is 0 Å². The Balaban J connectivity index is 1.77. The van der Waals surface area contributed by atoms with E-state index < -0.39 is 0 Å². The molecule has 2 rings (SSSR count). The van der Waals surface area contributed by atoms with Gasteiger partial charge >= 0.3 is 0 Å². The van der Waals surface area contributed by atoms with E-state index in [4.69, 9.17) is 14.2 Å². The van der Waals surface area contributed by atoms with Crippen LogP contribution in [0.4, 0.5) is 0 Å². The lowest BCUT2D eigenvalue weighted by molar-refractivity contribution is -0.183. The average molecular weight is 236 g/mol. The normalized spacial score (nSPS) is 17.0. The SMILES string of the molecule is CCc1ccccc1OCCC1OCCCO1. The lowest BCUT2D eigenvalue weighted by Crippen LogP contribution is -2.26. The largest absolute Gasteiger partial charge is 0.493 e. The molecule has 0 aliphatic carbocycles. The van der Waals surface area contributed by atoms with Gasteiger partial charge in [0.15, 0.2) is 6.29 Å². The van der Waals surface area contributed by atoms with Crippen LogP contribution in [-0.4, -0.2) is 26.1 Å². The minimum Gasteiger partial charge on any atom is -0.493 e. The number of benzene rings is 1. The van der Waals surface area contributed by atoms with Gasteiger partial charge in [-0.3, -0.25) is 0 Å². The molecule has 0 unspecified atom stereocenters. The first kappa shape index (κ1) is 12.4. The Morgan fingerprint density at radius 3 is 2.76 bits per heavy atom. The van der Waals surface area contributed by atoms with Crippen LogP contribution in [0.25, 0.3) is 0 Å². The molecule has 0 spiro atoms. The molecule has 94 valence electrons. The summed E-state index contributed by atoms with van der Waals surface area (Å²) in [4.78, 5) is 0. The zero-order chi connectivity index (χ0) is 11.9. The third-order valence-corrected chi connectivity index (χ3v) is 2.86. The van der Waals surface area contributed by atoms with E-state index in [2.05, 4.69) is 13.0 Å². The molecule has 0 aromatic heterocycles. The van der Waals surface area contributed by atoms with Crippen molar-refractivity contribution in [2.45, 2.75) is 32.5 Å². The first-order valence-electron chi connectivity index (χ1n) is 6.34. The molecule has 3 heteroatoms. The molecule has 17 heavy (non-hydrogen) atoms. The first-order valence-corrected chi connectivity index (χ1v) is 6.34. The number of rotatable bonds is 5. The molecule has 0 amide bonds. The van der Waals surface area contributed by atoms with Gasteiger partial charge in [-0.1, -0.05) is 25.1 Å². The van der Waals surface area contributed by atoms with Crippen LogP contribution in [0, 0.1) is 0 Å². The van der Waals surface area contributed by atoms with Crippen molar-refractivity contribution < 1.29 is 14.2 Å². The quantitative estimate of drug-likeness (QED) is 0.786. The molecule has 0 N–H and O–H groups in total. The van der Waals surface area contributed by atoms with E-state index >= 15 is 0 Å². The van der Waals surface area contributed by atoms with Gasteiger partial charge in [0.05, 0.1) is 19.8 Å². The molecule has 1 aromatic rings. The highest BCUT2D eigenvalue weighted by Crippen LogP contribution is 2.19. The van der Waals surface area contributed by atoms with Gasteiger partial charge in [-0.25, -0.2) is 0 Å². The molecule has 0 radical (unpaired) electrons. The molecule has 0 atom stereocenters. The van der Waals surface area contributed by atoms with Crippen LogP contribution in [0.15, 0.2) is 24.3 Å². The molecule has 1 heterocycles. The molecule has 1 aliphatic heterocycles. The second kappa shape index (κ2) is 6.62. The van der Waals surface area contributed by atoms with Crippen molar-refractivity contribution in [1.82, 2.24) is 0 Å². The van der Waals surface area contributed by atoms with Gasteiger partial charge in [0.1, 0.15) is 5.75 Å². The molecule has 1 aromatic carbocycles.